The first-order valence-corrected chi connectivity index (χ1v) is 17.9. The minimum Gasteiger partial charge on any atom is -0.400 e. The maximum Gasteiger partial charge on any atom is 0.227 e. The molecule has 5 N–H and O–H groups in total. The van der Waals surface area contributed by atoms with Crippen LogP contribution in [0.2, 0.25) is 0 Å². The number of nitrogens with zero attached hydrogens (tertiary/aromatic N) is 1. The Hall–Kier alpha value is -4.69. The normalized spacial score (nSPS) is 10.8. The topological polar surface area (TPSA) is 177 Å². The van der Waals surface area contributed by atoms with Gasteiger partial charge in [-0.3, -0.25) is 9.59 Å². The molecule has 3 rings (SSSR count). The second-order valence-electron chi connectivity index (χ2n) is 11.2. The zero-order chi connectivity index (χ0) is 40.0. The van der Waals surface area contributed by atoms with E-state index in [-0.39, 0.29) is 18.4 Å². The number of aldehydes is 3. The van der Waals surface area contributed by atoms with Gasteiger partial charge in [-0.25, -0.2) is 0 Å². The van der Waals surface area contributed by atoms with Crippen LogP contribution in [0.4, 0.5) is 5.69 Å². The standard InChI is InChI=1S/C24H25N3O3.C8H15NO2.C5H8O2.C3H8.CH4O/c25-21(17-28)15-26-23(29)11-5-6-12-24(30)27-16-20-9-2-1-7-18(20)13-14-19-8-3-4-10-22(19)27;1-3-5-10-7-8-11-6-4-9-2;6-4-2-1-3-5-7;1-3-2;1-2/h1-4,7-10,17,21H,5-6,11-12,15-16,25H2,(H,26,29);1,9H,4-8H2,2H3;4-5H,1-3H2;3H2,1-2H3;2H,1H3. The van der Waals surface area contributed by atoms with Crippen LogP contribution in [0.1, 0.15) is 81.9 Å². The van der Waals surface area contributed by atoms with Crippen molar-refractivity contribution in [3.05, 3.63) is 65.2 Å². The highest BCUT2D eigenvalue weighted by Gasteiger charge is 2.20. The van der Waals surface area contributed by atoms with Gasteiger partial charge in [-0.2, -0.15) is 0 Å². The number of para-hydroxylation sites is 1. The highest BCUT2D eigenvalue weighted by molar-refractivity contribution is 5.95. The molecule has 1 aliphatic rings. The van der Waals surface area contributed by atoms with Gasteiger partial charge in [0.15, 0.2) is 0 Å². The molecule has 2 aromatic rings. The van der Waals surface area contributed by atoms with Gasteiger partial charge < -0.3 is 50.2 Å². The van der Waals surface area contributed by atoms with Crippen molar-refractivity contribution >= 4 is 36.4 Å². The maximum absolute atomic E-state index is 13.1. The third-order valence-electron chi connectivity index (χ3n) is 6.63. The van der Waals surface area contributed by atoms with Gasteiger partial charge in [0.2, 0.25) is 11.8 Å². The molecule has 0 bridgehead atoms. The molecule has 0 spiro atoms. The van der Waals surface area contributed by atoms with Gasteiger partial charge in [-0.15, -0.1) is 6.42 Å². The van der Waals surface area contributed by atoms with Gasteiger partial charge >= 0.3 is 0 Å². The third kappa shape index (κ3) is 26.7. The number of likely N-dealkylation sites (N-methyl/N-ethyl adjacent to an activating group) is 1. The molecule has 1 unspecified atom stereocenters. The Kier molecular flexibility index (Phi) is 35.3. The lowest BCUT2D eigenvalue weighted by molar-refractivity contribution is -0.122. The first-order chi connectivity index (χ1) is 25.8. The van der Waals surface area contributed by atoms with Crippen molar-refractivity contribution in [2.24, 2.45) is 5.73 Å². The SMILES string of the molecule is C#CCOCCOCCNC.CCC.CO.NC(C=O)CNC(=O)CCCCC(=O)N1Cc2ccccc2C#Cc2ccccc21.O=CCCCC=O. The van der Waals surface area contributed by atoms with E-state index in [0.717, 1.165) is 55.2 Å². The van der Waals surface area contributed by atoms with Crippen molar-refractivity contribution in [1.29, 1.82) is 0 Å². The Labute approximate surface area is 316 Å². The van der Waals surface area contributed by atoms with Crippen LogP contribution in [0.3, 0.4) is 0 Å². The Bertz CT molecular complexity index is 1380. The molecule has 2 amide bonds. The lowest BCUT2D eigenvalue weighted by Crippen LogP contribution is -2.38. The van der Waals surface area contributed by atoms with Gasteiger partial charge in [0.1, 0.15) is 25.5 Å². The molecule has 1 aliphatic heterocycles. The number of rotatable bonds is 19. The molecule has 1 atom stereocenters. The number of anilines is 1. The minimum absolute atomic E-state index is 0.00402. The number of aliphatic hydroxyl groups is 1. The van der Waals surface area contributed by atoms with Crippen molar-refractivity contribution in [2.75, 3.05) is 58.6 Å². The predicted molar refractivity (Wildman–Crippen MR) is 210 cm³/mol. The van der Waals surface area contributed by atoms with E-state index < -0.39 is 6.04 Å². The molecule has 0 radical (unpaired) electrons. The molecule has 12 heteroatoms. The van der Waals surface area contributed by atoms with Crippen molar-refractivity contribution in [3.63, 3.8) is 0 Å². The Balaban J connectivity index is 0. The van der Waals surface area contributed by atoms with Crippen LogP contribution >= 0.6 is 0 Å². The molecular formula is C41H60N4O8. The number of carbonyl (C=O) groups is 5. The van der Waals surface area contributed by atoms with E-state index in [4.69, 9.17) is 26.7 Å². The molecule has 2 aromatic carbocycles. The van der Waals surface area contributed by atoms with E-state index >= 15 is 0 Å². The lowest BCUT2D eigenvalue weighted by atomic mass is 10.0. The second kappa shape index (κ2) is 37.1. The Morgan fingerprint density at radius 1 is 0.925 bits per heavy atom. The van der Waals surface area contributed by atoms with E-state index in [1.807, 2.05) is 55.6 Å². The van der Waals surface area contributed by atoms with E-state index in [9.17, 15) is 24.0 Å². The molecule has 292 valence electrons. The molecular weight excluding hydrogens is 676 g/mol. The fraction of sp³-hybridized carbons (Fsp3) is 0.488. The first kappa shape index (κ1) is 50.4. The summed E-state index contributed by atoms with van der Waals surface area (Å²) in [7, 11) is 2.89. The van der Waals surface area contributed by atoms with Crippen molar-refractivity contribution in [2.45, 2.75) is 77.8 Å². The summed E-state index contributed by atoms with van der Waals surface area (Å²) in [6, 6.07) is 14.8. The van der Waals surface area contributed by atoms with Gasteiger partial charge in [0.25, 0.3) is 0 Å². The predicted octanol–water partition coefficient (Wildman–Crippen LogP) is 3.59. The monoisotopic (exact) mass is 736 g/mol. The molecule has 0 saturated heterocycles. The number of benzene rings is 2. The van der Waals surface area contributed by atoms with Gasteiger partial charge in [-0.05, 0) is 50.1 Å². The number of aliphatic hydroxyl groups excluding tert-OH is 1. The molecule has 0 saturated carbocycles. The number of unbranched alkanes of at least 4 members (excludes halogenated alkanes) is 3. The zero-order valence-electron chi connectivity index (χ0n) is 31.9. The molecule has 0 fully saturated rings. The Morgan fingerprint density at radius 2 is 1.51 bits per heavy atom. The number of amides is 2. The third-order valence-corrected chi connectivity index (χ3v) is 6.63. The first-order valence-electron chi connectivity index (χ1n) is 17.9. The van der Waals surface area contributed by atoms with Crippen LogP contribution in [0.25, 0.3) is 0 Å². The summed E-state index contributed by atoms with van der Waals surface area (Å²) >= 11 is 0. The average Bonchev–Trinajstić information content (AvgIpc) is 3.18. The quantitative estimate of drug-likeness (QED) is 0.0947. The van der Waals surface area contributed by atoms with Crippen molar-refractivity contribution in [1.82, 2.24) is 10.6 Å². The van der Waals surface area contributed by atoms with Crippen molar-refractivity contribution in [3.8, 4) is 24.2 Å². The summed E-state index contributed by atoms with van der Waals surface area (Å²) in [6.45, 7) is 7.99. The van der Waals surface area contributed by atoms with Crippen LogP contribution in [0.15, 0.2) is 48.5 Å². The highest BCUT2D eigenvalue weighted by Crippen LogP contribution is 2.26. The van der Waals surface area contributed by atoms with E-state index in [2.05, 4.69) is 42.2 Å². The van der Waals surface area contributed by atoms with E-state index in [0.29, 0.717) is 77.6 Å². The van der Waals surface area contributed by atoms with Crippen LogP contribution in [-0.4, -0.2) is 95.5 Å². The number of ether oxygens (including phenoxy) is 2. The largest absolute Gasteiger partial charge is 0.400 e. The van der Waals surface area contributed by atoms with Crippen LogP contribution in [0.5, 0.6) is 0 Å². The summed E-state index contributed by atoms with van der Waals surface area (Å²) in [4.78, 5) is 56.3. The average molecular weight is 737 g/mol. The molecule has 12 nitrogen and oxygen atoms in total. The number of terminal acetylenes is 1. The number of nitrogens with two attached hydrogens (primary N) is 1. The highest BCUT2D eigenvalue weighted by atomic mass is 16.5. The summed E-state index contributed by atoms with van der Waals surface area (Å²) in [5, 5.41) is 12.6. The maximum atomic E-state index is 13.1. The number of carbonyl (C=O) groups excluding carboxylic acids is 5. The number of fused-ring (bicyclic) bond motifs is 2. The summed E-state index contributed by atoms with van der Waals surface area (Å²) < 4.78 is 10.1. The fourth-order valence-corrected chi connectivity index (χ4v) is 4.08. The summed E-state index contributed by atoms with van der Waals surface area (Å²) in [5.41, 5.74) is 9.03. The number of hydrogen-bond acceptors (Lipinski definition) is 10. The molecule has 0 aromatic heterocycles. The van der Waals surface area contributed by atoms with Crippen LogP contribution in [0, 0.1) is 24.2 Å². The summed E-state index contributed by atoms with van der Waals surface area (Å²) in [5.74, 6) is 8.61. The van der Waals surface area contributed by atoms with E-state index in [1.54, 1.807) is 4.90 Å². The van der Waals surface area contributed by atoms with Crippen LogP contribution in [-0.2, 0) is 40.0 Å². The fourth-order valence-electron chi connectivity index (χ4n) is 4.08. The Morgan fingerprint density at radius 3 is 2.13 bits per heavy atom. The zero-order valence-corrected chi connectivity index (χ0v) is 31.9. The second-order valence-corrected chi connectivity index (χ2v) is 11.2. The van der Waals surface area contributed by atoms with E-state index in [1.165, 1.54) is 6.42 Å². The smallest absolute Gasteiger partial charge is 0.227 e. The van der Waals surface area contributed by atoms with Crippen molar-refractivity contribution < 1.29 is 38.6 Å². The van der Waals surface area contributed by atoms with Gasteiger partial charge in [0.05, 0.1) is 38.1 Å². The summed E-state index contributed by atoms with van der Waals surface area (Å²) in [6.07, 6.45) is 12.0. The number of hydrogen-bond donors (Lipinski definition) is 4. The van der Waals surface area contributed by atoms with Gasteiger partial charge in [-0.1, -0.05) is 68.4 Å². The van der Waals surface area contributed by atoms with Crippen LogP contribution < -0.4 is 21.3 Å². The number of nitrogens with one attached hydrogen (secondary N) is 2. The lowest BCUT2D eigenvalue weighted by Gasteiger charge is -2.26. The molecule has 1 heterocycles. The molecule has 53 heavy (non-hydrogen) atoms. The van der Waals surface area contributed by atoms with Gasteiger partial charge in [0, 0.05) is 57.0 Å². The molecule has 0 aliphatic carbocycles. The minimum atomic E-state index is -0.686.